The molecular formula is C26H31N5O2. The molecule has 3 aromatic rings. The molecule has 1 aliphatic heterocycles. The van der Waals surface area contributed by atoms with Crippen molar-refractivity contribution >= 4 is 11.8 Å². The van der Waals surface area contributed by atoms with Crippen LogP contribution in [0.25, 0.3) is 0 Å². The van der Waals surface area contributed by atoms with E-state index in [1.54, 1.807) is 12.5 Å². The summed E-state index contributed by atoms with van der Waals surface area (Å²) in [5.41, 5.74) is 2.41. The summed E-state index contributed by atoms with van der Waals surface area (Å²) in [5, 5.41) is 5.91. The normalized spacial score (nSPS) is 16.5. The average Bonchev–Trinajstić information content (AvgIpc) is 3.37. The molecule has 2 amide bonds. The van der Waals surface area contributed by atoms with E-state index in [2.05, 4.69) is 44.8 Å². The topological polar surface area (TPSA) is 79.3 Å². The number of nitrogens with one attached hydrogen (secondary N) is 2. The number of carbonyl (C=O) groups is 2. The van der Waals surface area contributed by atoms with Crippen molar-refractivity contribution in [3.05, 3.63) is 90.5 Å². The van der Waals surface area contributed by atoms with Gasteiger partial charge in [-0.05, 0) is 17.5 Å². The van der Waals surface area contributed by atoms with Gasteiger partial charge in [-0.15, -0.1) is 0 Å². The zero-order valence-electron chi connectivity index (χ0n) is 18.8. The molecule has 1 atom stereocenters. The lowest BCUT2D eigenvalue weighted by Gasteiger charge is -2.37. The van der Waals surface area contributed by atoms with Gasteiger partial charge >= 0.3 is 0 Å². The Morgan fingerprint density at radius 1 is 1.09 bits per heavy atom. The van der Waals surface area contributed by atoms with E-state index in [-0.39, 0.29) is 24.2 Å². The Hall–Kier alpha value is -3.45. The summed E-state index contributed by atoms with van der Waals surface area (Å²) in [7, 11) is 0. The highest BCUT2D eigenvalue weighted by Crippen LogP contribution is 2.27. The molecular weight excluding hydrogens is 414 g/mol. The number of imidazole rings is 1. The lowest BCUT2D eigenvalue weighted by molar-refractivity contribution is -0.134. The first-order valence-corrected chi connectivity index (χ1v) is 11.5. The first-order valence-electron chi connectivity index (χ1n) is 11.5. The van der Waals surface area contributed by atoms with Crippen LogP contribution in [0.1, 0.15) is 29.9 Å². The van der Waals surface area contributed by atoms with E-state index in [0.29, 0.717) is 19.6 Å². The monoisotopic (exact) mass is 445 g/mol. The van der Waals surface area contributed by atoms with Crippen LogP contribution in [0.5, 0.6) is 0 Å². The summed E-state index contributed by atoms with van der Waals surface area (Å²) in [6, 6.07) is 20.3. The highest BCUT2D eigenvalue weighted by molar-refractivity contribution is 5.88. The third-order valence-corrected chi connectivity index (χ3v) is 6.12. The number of benzene rings is 2. The highest BCUT2D eigenvalue weighted by Gasteiger charge is 2.33. The second kappa shape index (κ2) is 11.4. The minimum Gasteiger partial charge on any atom is -0.356 e. The number of amides is 2. The predicted molar refractivity (Wildman–Crippen MR) is 128 cm³/mol. The van der Waals surface area contributed by atoms with E-state index >= 15 is 0 Å². The van der Waals surface area contributed by atoms with Crippen molar-refractivity contribution in [2.45, 2.75) is 31.3 Å². The third kappa shape index (κ3) is 6.29. The molecule has 2 aromatic carbocycles. The largest absolute Gasteiger partial charge is 0.356 e. The van der Waals surface area contributed by atoms with Crippen molar-refractivity contribution in [3.63, 3.8) is 0 Å². The minimum absolute atomic E-state index is 0.0744. The van der Waals surface area contributed by atoms with Gasteiger partial charge in [-0.25, -0.2) is 4.98 Å². The standard InChI is InChI=1S/C26H31N5O2/c32-25(28-12-7-15-30-16-13-27-20-30)18-24-26(33)29-14-17-31(24)19-23(21-8-3-1-4-9-21)22-10-5-2-6-11-22/h1-6,8-11,13,16,20,23-24H,7,12,14-15,17-19H2,(H,28,32)(H,29,33). The summed E-state index contributed by atoms with van der Waals surface area (Å²) in [4.78, 5) is 31.6. The second-order valence-corrected chi connectivity index (χ2v) is 8.38. The van der Waals surface area contributed by atoms with Gasteiger partial charge in [0.1, 0.15) is 0 Å². The van der Waals surface area contributed by atoms with Crippen LogP contribution in [0.15, 0.2) is 79.4 Å². The number of carbonyl (C=O) groups excluding carboxylic acids is 2. The number of nitrogens with zero attached hydrogens (tertiary/aromatic N) is 3. The smallest absolute Gasteiger partial charge is 0.237 e. The Morgan fingerprint density at radius 2 is 1.79 bits per heavy atom. The molecule has 1 unspecified atom stereocenters. The number of aryl methyl sites for hydroxylation is 1. The van der Waals surface area contributed by atoms with Gasteiger partial charge in [0.2, 0.25) is 11.8 Å². The van der Waals surface area contributed by atoms with Crippen LogP contribution in [0.3, 0.4) is 0 Å². The fourth-order valence-corrected chi connectivity index (χ4v) is 4.37. The van der Waals surface area contributed by atoms with Crippen molar-refractivity contribution < 1.29 is 9.59 Å². The van der Waals surface area contributed by atoms with Crippen LogP contribution in [0.2, 0.25) is 0 Å². The molecule has 33 heavy (non-hydrogen) atoms. The summed E-state index contributed by atoms with van der Waals surface area (Å²) < 4.78 is 1.98. The quantitative estimate of drug-likeness (QED) is 0.470. The van der Waals surface area contributed by atoms with E-state index in [1.807, 2.05) is 47.2 Å². The first-order chi connectivity index (χ1) is 16.2. The highest BCUT2D eigenvalue weighted by atomic mass is 16.2. The van der Waals surface area contributed by atoms with Crippen molar-refractivity contribution in [3.8, 4) is 0 Å². The molecule has 0 spiro atoms. The van der Waals surface area contributed by atoms with E-state index in [4.69, 9.17) is 0 Å². The van der Waals surface area contributed by atoms with Gasteiger partial charge in [-0.3, -0.25) is 14.5 Å². The number of piperazine rings is 1. The number of rotatable bonds is 10. The maximum atomic E-state index is 12.7. The van der Waals surface area contributed by atoms with E-state index in [0.717, 1.165) is 19.5 Å². The molecule has 172 valence electrons. The molecule has 7 heteroatoms. The summed E-state index contributed by atoms with van der Waals surface area (Å²) >= 11 is 0. The Labute approximate surface area is 194 Å². The zero-order chi connectivity index (χ0) is 22.9. The van der Waals surface area contributed by atoms with Crippen LogP contribution in [0, 0.1) is 0 Å². The van der Waals surface area contributed by atoms with Crippen molar-refractivity contribution in [1.29, 1.82) is 0 Å². The molecule has 0 aliphatic carbocycles. The first kappa shape index (κ1) is 22.7. The number of hydrogen-bond acceptors (Lipinski definition) is 4. The zero-order valence-corrected chi connectivity index (χ0v) is 18.8. The molecule has 0 bridgehead atoms. The Kier molecular flexibility index (Phi) is 7.87. The summed E-state index contributed by atoms with van der Waals surface area (Å²) in [6.07, 6.45) is 6.39. The number of hydrogen-bond donors (Lipinski definition) is 2. The lowest BCUT2D eigenvalue weighted by Crippen LogP contribution is -2.57. The van der Waals surface area contributed by atoms with Gasteiger partial charge in [0.05, 0.1) is 18.8 Å². The maximum Gasteiger partial charge on any atom is 0.237 e. The molecule has 7 nitrogen and oxygen atoms in total. The van der Waals surface area contributed by atoms with Gasteiger partial charge in [0.15, 0.2) is 0 Å². The Balaban J connectivity index is 1.40. The van der Waals surface area contributed by atoms with Gasteiger partial charge in [-0.2, -0.15) is 0 Å². The van der Waals surface area contributed by atoms with Crippen LogP contribution >= 0.6 is 0 Å². The molecule has 1 saturated heterocycles. The van der Waals surface area contributed by atoms with Gasteiger partial charge in [0.25, 0.3) is 0 Å². The second-order valence-electron chi connectivity index (χ2n) is 8.38. The van der Waals surface area contributed by atoms with E-state index in [9.17, 15) is 9.59 Å². The molecule has 1 fully saturated rings. The van der Waals surface area contributed by atoms with Crippen molar-refractivity contribution in [1.82, 2.24) is 25.1 Å². The minimum atomic E-state index is -0.470. The molecule has 0 saturated carbocycles. The maximum absolute atomic E-state index is 12.7. The average molecular weight is 446 g/mol. The van der Waals surface area contributed by atoms with E-state index < -0.39 is 6.04 Å². The van der Waals surface area contributed by atoms with Crippen LogP contribution in [-0.2, 0) is 16.1 Å². The fourth-order valence-electron chi connectivity index (χ4n) is 4.37. The van der Waals surface area contributed by atoms with Crippen molar-refractivity contribution in [2.75, 3.05) is 26.2 Å². The SMILES string of the molecule is O=C(CC1C(=O)NCCN1CC(c1ccccc1)c1ccccc1)NCCCn1ccnc1. The molecule has 0 radical (unpaired) electrons. The Morgan fingerprint density at radius 3 is 2.42 bits per heavy atom. The third-order valence-electron chi connectivity index (χ3n) is 6.12. The van der Waals surface area contributed by atoms with Gasteiger partial charge in [0, 0.05) is 51.0 Å². The lowest BCUT2D eigenvalue weighted by atomic mass is 9.90. The summed E-state index contributed by atoms with van der Waals surface area (Å²) in [5.74, 6) is -0.0441. The Bertz CT molecular complexity index is 968. The van der Waals surface area contributed by atoms with E-state index in [1.165, 1.54) is 11.1 Å². The van der Waals surface area contributed by atoms with Crippen LogP contribution in [-0.4, -0.2) is 58.5 Å². The molecule has 2 N–H and O–H groups in total. The van der Waals surface area contributed by atoms with Gasteiger partial charge in [-0.1, -0.05) is 60.7 Å². The predicted octanol–water partition coefficient (Wildman–Crippen LogP) is 2.41. The summed E-state index contributed by atoms with van der Waals surface area (Å²) in [6.45, 7) is 3.37. The van der Waals surface area contributed by atoms with Crippen LogP contribution in [0.4, 0.5) is 0 Å². The van der Waals surface area contributed by atoms with Crippen molar-refractivity contribution in [2.24, 2.45) is 0 Å². The van der Waals surface area contributed by atoms with Crippen LogP contribution < -0.4 is 10.6 Å². The molecule has 4 rings (SSSR count). The fraction of sp³-hybridized carbons (Fsp3) is 0.346. The molecule has 1 aromatic heterocycles. The number of aromatic nitrogens is 2. The van der Waals surface area contributed by atoms with Gasteiger partial charge < -0.3 is 15.2 Å². The molecule has 1 aliphatic rings. The molecule has 2 heterocycles.